The zero-order valence-electron chi connectivity index (χ0n) is 18.0. The molecule has 164 valence electrons. The third-order valence-electron chi connectivity index (χ3n) is 6.92. The zero-order chi connectivity index (χ0) is 22.4. The molecule has 0 radical (unpaired) electrons. The fourth-order valence-corrected chi connectivity index (χ4v) is 5.30. The van der Waals surface area contributed by atoms with Crippen molar-refractivity contribution in [3.05, 3.63) is 84.5 Å². The number of benzene rings is 1. The first-order valence-corrected chi connectivity index (χ1v) is 11.1. The first-order valence-electron chi connectivity index (χ1n) is 11.1. The van der Waals surface area contributed by atoms with E-state index in [-0.39, 0.29) is 5.91 Å². The van der Waals surface area contributed by atoms with Crippen molar-refractivity contribution < 1.29 is 9.18 Å². The summed E-state index contributed by atoms with van der Waals surface area (Å²) in [5.41, 5.74) is 3.77. The molecule has 2 aliphatic heterocycles. The van der Waals surface area contributed by atoms with E-state index in [0.717, 1.165) is 64.8 Å². The van der Waals surface area contributed by atoms with Gasteiger partial charge in [0.2, 0.25) is 11.9 Å². The van der Waals surface area contributed by atoms with Crippen molar-refractivity contribution in [2.75, 3.05) is 18.0 Å². The summed E-state index contributed by atoms with van der Waals surface area (Å²) in [6.45, 7) is 1.92. The normalized spacial score (nSPS) is 17.0. The van der Waals surface area contributed by atoms with E-state index in [1.807, 2.05) is 41.4 Å². The molecule has 3 aromatic heterocycles. The number of nitrogens with one attached hydrogen (secondary N) is 1. The molecule has 5 heterocycles. The van der Waals surface area contributed by atoms with Crippen molar-refractivity contribution in [2.24, 2.45) is 0 Å². The van der Waals surface area contributed by atoms with Crippen LogP contribution >= 0.6 is 0 Å². The van der Waals surface area contributed by atoms with Gasteiger partial charge in [0.15, 0.2) is 0 Å². The van der Waals surface area contributed by atoms with Crippen LogP contribution in [0.5, 0.6) is 0 Å². The van der Waals surface area contributed by atoms with E-state index >= 15 is 0 Å². The maximum Gasteiger partial charge on any atom is 0.238 e. The van der Waals surface area contributed by atoms with Crippen molar-refractivity contribution in [2.45, 2.75) is 24.8 Å². The van der Waals surface area contributed by atoms with E-state index in [9.17, 15) is 9.18 Å². The van der Waals surface area contributed by atoms with Crippen LogP contribution in [0.3, 0.4) is 0 Å². The lowest BCUT2D eigenvalue weighted by atomic mass is 9.74. The van der Waals surface area contributed by atoms with Crippen molar-refractivity contribution in [1.82, 2.24) is 20.3 Å². The predicted octanol–water partition coefficient (Wildman–Crippen LogP) is 4.00. The van der Waals surface area contributed by atoms with Crippen LogP contribution < -0.4 is 10.2 Å². The highest BCUT2D eigenvalue weighted by atomic mass is 19.1. The fourth-order valence-electron chi connectivity index (χ4n) is 5.30. The second kappa shape index (κ2) is 7.71. The summed E-state index contributed by atoms with van der Waals surface area (Å²) in [6.07, 6.45) is 8.43. The predicted molar refractivity (Wildman–Crippen MR) is 124 cm³/mol. The number of carbonyl (C=O) groups is 1. The first-order chi connectivity index (χ1) is 16.2. The van der Waals surface area contributed by atoms with E-state index in [1.165, 1.54) is 12.3 Å². The van der Waals surface area contributed by atoms with E-state index in [1.54, 1.807) is 18.5 Å². The van der Waals surface area contributed by atoms with Crippen LogP contribution in [-0.4, -0.2) is 33.9 Å². The summed E-state index contributed by atoms with van der Waals surface area (Å²) in [5.74, 6) is -0.429. The van der Waals surface area contributed by atoms with E-state index in [0.29, 0.717) is 6.54 Å². The van der Waals surface area contributed by atoms with Gasteiger partial charge >= 0.3 is 0 Å². The lowest BCUT2D eigenvalue weighted by Crippen LogP contribution is -2.47. The molecule has 0 saturated carbocycles. The van der Waals surface area contributed by atoms with Crippen LogP contribution in [-0.2, 0) is 16.8 Å². The van der Waals surface area contributed by atoms with Gasteiger partial charge in [-0.05, 0) is 55.1 Å². The number of halogens is 1. The Bertz CT molecular complexity index is 1360. The molecule has 4 aromatic rings. The number of hydrogen-bond acceptors (Lipinski definition) is 5. The third-order valence-corrected chi connectivity index (χ3v) is 6.92. The van der Waals surface area contributed by atoms with Gasteiger partial charge in [0.05, 0.1) is 29.5 Å². The molecule has 0 bridgehead atoms. The quantitative estimate of drug-likeness (QED) is 0.489. The number of piperidine rings is 1. The highest BCUT2D eigenvalue weighted by Crippen LogP contribution is 2.47. The molecule has 1 fully saturated rings. The summed E-state index contributed by atoms with van der Waals surface area (Å²) < 4.78 is 13.6. The number of nitrogens with zero attached hydrogens (tertiary/aromatic N) is 4. The van der Waals surface area contributed by atoms with Gasteiger partial charge < -0.3 is 10.2 Å². The summed E-state index contributed by atoms with van der Waals surface area (Å²) >= 11 is 0. The molecule has 2 aliphatic rings. The molecular weight excluding hydrogens is 417 g/mol. The molecule has 1 saturated heterocycles. The van der Waals surface area contributed by atoms with Gasteiger partial charge in [0.1, 0.15) is 0 Å². The Morgan fingerprint density at radius 3 is 2.67 bits per heavy atom. The topological polar surface area (TPSA) is 71.0 Å². The Kier molecular flexibility index (Phi) is 4.66. The number of rotatable bonds is 3. The number of anilines is 1. The largest absolute Gasteiger partial charge is 0.317 e. The number of pyridine rings is 3. The Labute approximate surface area is 190 Å². The molecule has 7 heteroatoms. The van der Waals surface area contributed by atoms with Crippen molar-refractivity contribution in [3.8, 4) is 11.1 Å². The Morgan fingerprint density at radius 2 is 1.85 bits per heavy atom. The van der Waals surface area contributed by atoms with E-state index < -0.39 is 11.4 Å². The van der Waals surface area contributed by atoms with Crippen molar-refractivity contribution >= 4 is 22.4 Å². The molecule has 0 unspecified atom stereocenters. The molecule has 33 heavy (non-hydrogen) atoms. The molecule has 1 amide bonds. The molecule has 1 N–H and O–H groups in total. The minimum absolute atomic E-state index is 0.102. The summed E-state index contributed by atoms with van der Waals surface area (Å²) in [7, 11) is 0. The van der Waals surface area contributed by atoms with Gasteiger partial charge in [-0.3, -0.25) is 14.8 Å². The minimum Gasteiger partial charge on any atom is -0.317 e. The maximum atomic E-state index is 13.9. The lowest BCUT2D eigenvalue weighted by Gasteiger charge is -2.33. The monoisotopic (exact) mass is 439 g/mol. The van der Waals surface area contributed by atoms with Gasteiger partial charge in [0, 0.05) is 35.1 Å². The highest BCUT2D eigenvalue weighted by Gasteiger charge is 2.51. The molecule has 1 spiro atoms. The van der Waals surface area contributed by atoms with Crippen LogP contribution in [0.4, 0.5) is 10.1 Å². The molecule has 0 atom stereocenters. The molecule has 0 aliphatic carbocycles. The number of fused-ring (bicyclic) bond motifs is 3. The highest BCUT2D eigenvalue weighted by molar-refractivity contribution is 6.08. The van der Waals surface area contributed by atoms with Crippen LogP contribution in [0.1, 0.15) is 24.1 Å². The molecule has 6 rings (SSSR count). The average Bonchev–Trinajstić information content (AvgIpc) is 3.08. The van der Waals surface area contributed by atoms with E-state index in [2.05, 4.69) is 15.3 Å². The van der Waals surface area contributed by atoms with Crippen LogP contribution in [0.25, 0.3) is 21.9 Å². The third kappa shape index (κ3) is 3.11. The minimum atomic E-state index is -0.531. The number of aromatic nitrogens is 3. The van der Waals surface area contributed by atoms with Crippen molar-refractivity contribution in [3.63, 3.8) is 0 Å². The lowest BCUT2D eigenvalue weighted by molar-refractivity contribution is -0.124. The SMILES string of the molecule is O=C1N(Cc2ncc3ccccc3c2-c2ccc(F)nc2)c2cnccc2C12CCNCC2. The number of hydrogen-bond donors (Lipinski definition) is 1. The average molecular weight is 439 g/mol. The van der Waals surface area contributed by atoms with Gasteiger partial charge in [-0.15, -0.1) is 0 Å². The molecule has 6 nitrogen and oxygen atoms in total. The van der Waals surface area contributed by atoms with Gasteiger partial charge in [0.25, 0.3) is 0 Å². The van der Waals surface area contributed by atoms with Crippen LogP contribution in [0, 0.1) is 5.95 Å². The molecular formula is C26H22FN5O. The second-order valence-electron chi connectivity index (χ2n) is 8.65. The Morgan fingerprint density at radius 1 is 1.00 bits per heavy atom. The van der Waals surface area contributed by atoms with Crippen LogP contribution in [0.2, 0.25) is 0 Å². The maximum absolute atomic E-state index is 13.9. The first kappa shape index (κ1) is 19.9. The van der Waals surface area contributed by atoms with E-state index in [4.69, 9.17) is 4.98 Å². The van der Waals surface area contributed by atoms with Gasteiger partial charge in [-0.1, -0.05) is 24.3 Å². The standard InChI is InChI=1S/C26H22FN5O/c27-23-6-5-18(14-31-23)24-19-4-2-1-3-17(19)13-30-21(24)16-32-22-15-29-10-7-20(22)26(25(32)33)8-11-28-12-9-26/h1-7,10,13-15,28H,8-9,11-12,16H2. The Balaban J connectivity index is 1.49. The number of carbonyl (C=O) groups excluding carboxylic acids is 1. The fraction of sp³-hybridized carbons (Fsp3) is 0.231. The Hall–Kier alpha value is -3.71. The van der Waals surface area contributed by atoms with Crippen molar-refractivity contribution in [1.29, 1.82) is 0 Å². The van der Waals surface area contributed by atoms with Gasteiger partial charge in [-0.2, -0.15) is 4.39 Å². The van der Waals surface area contributed by atoms with Crippen LogP contribution in [0.15, 0.2) is 67.3 Å². The smallest absolute Gasteiger partial charge is 0.238 e. The number of amides is 1. The zero-order valence-corrected chi connectivity index (χ0v) is 18.0. The van der Waals surface area contributed by atoms with Gasteiger partial charge in [-0.25, -0.2) is 4.98 Å². The second-order valence-corrected chi connectivity index (χ2v) is 8.65. The summed E-state index contributed by atoms with van der Waals surface area (Å²) in [5, 5.41) is 5.34. The summed E-state index contributed by atoms with van der Waals surface area (Å²) in [4.78, 5) is 28.6. The molecule has 1 aromatic carbocycles. The summed E-state index contributed by atoms with van der Waals surface area (Å²) in [6, 6.07) is 13.0.